The first-order valence-corrected chi connectivity index (χ1v) is 10.2. The Morgan fingerprint density at radius 3 is 1.68 bits per heavy atom. The average molecular weight is 356 g/mol. The van der Waals surface area contributed by atoms with Crippen molar-refractivity contribution in [2.24, 2.45) is 0 Å². The molecule has 0 aliphatic heterocycles. The molecule has 0 rings (SSSR count). The van der Waals surface area contributed by atoms with Gasteiger partial charge in [-0.1, -0.05) is 39.5 Å². The van der Waals surface area contributed by atoms with Crippen molar-refractivity contribution in [1.82, 2.24) is 0 Å². The van der Waals surface area contributed by atoms with E-state index in [1.807, 2.05) is 0 Å². The van der Waals surface area contributed by atoms with Gasteiger partial charge in [0, 0.05) is 27.8 Å². The van der Waals surface area contributed by atoms with Crippen molar-refractivity contribution in [3.8, 4) is 0 Å². The number of hydrogen-bond donors (Lipinski definition) is 0. The minimum atomic E-state index is -2.59. The molecule has 1 atom stereocenters. The summed E-state index contributed by atoms with van der Waals surface area (Å²) in [5.74, 6) is 0. The van der Waals surface area contributed by atoms with Gasteiger partial charge in [0.2, 0.25) is 0 Å². The highest BCUT2D eigenvalue weighted by Gasteiger charge is 2.55. The number of quaternary nitrogens is 1. The Bertz CT molecular complexity index is 256. The maximum Gasteiger partial charge on any atom is 0.561 e. The largest absolute Gasteiger partial charge is 1.00 e. The topological polar surface area (TPSA) is 27.7 Å². The molecule has 0 saturated heterocycles. The highest BCUT2D eigenvalue weighted by atomic mass is 35.5. The zero-order chi connectivity index (χ0) is 16.4. The first-order chi connectivity index (χ1) is 9.94. The fourth-order valence-electron chi connectivity index (χ4n) is 3.29. The van der Waals surface area contributed by atoms with E-state index in [1.54, 1.807) is 21.3 Å². The molecule has 4 nitrogen and oxygen atoms in total. The van der Waals surface area contributed by atoms with Crippen LogP contribution in [0.4, 0.5) is 0 Å². The fraction of sp³-hybridized carbons (Fsp3) is 1.00. The quantitative estimate of drug-likeness (QED) is 0.275. The lowest BCUT2D eigenvalue weighted by Crippen LogP contribution is -3.00. The van der Waals surface area contributed by atoms with Crippen LogP contribution >= 0.6 is 0 Å². The standard InChI is InChI=1S/C16H38NO3Si.ClH/c1-8-10-11-12-13-14-15-17(3,4)16(9-2)21(18-5,19-6)20-7;/h16H,8-15H2,1-7H3;1H/q+1;/p-1. The van der Waals surface area contributed by atoms with Gasteiger partial charge in [0.25, 0.3) is 0 Å². The van der Waals surface area contributed by atoms with Crippen molar-refractivity contribution in [1.29, 1.82) is 0 Å². The Kier molecular flexibility index (Phi) is 14.2. The van der Waals surface area contributed by atoms with E-state index >= 15 is 0 Å². The third-order valence-electron chi connectivity index (χ3n) is 4.58. The van der Waals surface area contributed by atoms with Crippen LogP contribution in [0, 0.1) is 0 Å². The van der Waals surface area contributed by atoms with E-state index in [0.29, 0.717) is 0 Å². The maximum atomic E-state index is 5.71. The second-order valence-corrected chi connectivity index (χ2v) is 9.51. The van der Waals surface area contributed by atoms with Crippen LogP contribution in [0.15, 0.2) is 0 Å². The molecule has 0 amide bonds. The Balaban J connectivity index is 0. The second-order valence-electron chi connectivity index (χ2n) is 6.41. The van der Waals surface area contributed by atoms with Crippen LogP contribution in [-0.4, -0.2) is 60.9 Å². The van der Waals surface area contributed by atoms with Gasteiger partial charge in [-0.2, -0.15) is 0 Å². The molecule has 0 aromatic heterocycles. The van der Waals surface area contributed by atoms with Crippen molar-refractivity contribution < 1.29 is 30.2 Å². The summed E-state index contributed by atoms with van der Waals surface area (Å²) in [7, 11) is 7.11. The summed E-state index contributed by atoms with van der Waals surface area (Å²) in [5, 5.41) is 0. The van der Waals surface area contributed by atoms with Gasteiger partial charge in [-0.25, -0.2) is 0 Å². The molecule has 0 radical (unpaired) electrons. The van der Waals surface area contributed by atoms with E-state index in [-0.39, 0.29) is 18.1 Å². The third-order valence-corrected chi connectivity index (χ3v) is 8.21. The molecule has 0 bridgehead atoms. The molecular weight excluding hydrogens is 318 g/mol. The van der Waals surface area contributed by atoms with Gasteiger partial charge in [-0.3, -0.25) is 0 Å². The van der Waals surface area contributed by atoms with Gasteiger partial charge >= 0.3 is 8.80 Å². The van der Waals surface area contributed by atoms with E-state index in [0.717, 1.165) is 17.4 Å². The molecule has 0 saturated carbocycles. The van der Waals surface area contributed by atoms with Crippen LogP contribution < -0.4 is 12.4 Å². The van der Waals surface area contributed by atoms with Gasteiger partial charge in [-0.05, 0) is 12.8 Å². The molecular formula is C16H38ClNO3Si. The van der Waals surface area contributed by atoms with Crippen molar-refractivity contribution in [3.05, 3.63) is 0 Å². The van der Waals surface area contributed by atoms with Crippen molar-refractivity contribution in [2.75, 3.05) is 42.0 Å². The van der Waals surface area contributed by atoms with E-state index < -0.39 is 8.80 Å². The predicted molar refractivity (Wildman–Crippen MR) is 91.2 cm³/mol. The van der Waals surface area contributed by atoms with E-state index in [2.05, 4.69) is 27.9 Å². The fourth-order valence-corrected chi connectivity index (χ4v) is 6.09. The number of unbranched alkanes of at least 4 members (excludes halogenated alkanes) is 5. The van der Waals surface area contributed by atoms with Gasteiger partial charge in [0.05, 0.1) is 20.6 Å². The van der Waals surface area contributed by atoms with Crippen LogP contribution in [-0.2, 0) is 13.3 Å². The molecule has 0 N–H and O–H groups in total. The van der Waals surface area contributed by atoms with Crippen molar-refractivity contribution >= 4 is 8.80 Å². The first kappa shape index (κ1) is 24.6. The molecule has 22 heavy (non-hydrogen) atoms. The second kappa shape index (κ2) is 12.7. The van der Waals surface area contributed by atoms with Gasteiger partial charge in [0.1, 0.15) is 0 Å². The molecule has 0 aliphatic carbocycles. The zero-order valence-corrected chi connectivity index (χ0v) is 17.5. The maximum absolute atomic E-state index is 5.71. The predicted octanol–water partition coefficient (Wildman–Crippen LogP) is 0.623. The first-order valence-electron chi connectivity index (χ1n) is 8.42. The molecule has 0 spiro atoms. The SMILES string of the molecule is CCCCCCCC[N+](C)(C)C(CC)[Si](OC)(OC)OC.[Cl-]. The number of halogens is 1. The van der Waals surface area contributed by atoms with E-state index in [9.17, 15) is 0 Å². The Hall–Kier alpha value is 0.347. The van der Waals surface area contributed by atoms with Crippen LogP contribution in [0.25, 0.3) is 0 Å². The average Bonchev–Trinajstić information content (AvgIpc) is 2.48. The van der Waals surface area contributed by atoms with Gasteiger partial charge in [-0.15, -0.1) is 0 Å². The Labute approximate surface area is 145 Å². The van der Waals surface area contributed by atoms with Crippen molar-refractivity contribution in [2.45, 2.75) is 64.5 Å². The highest BCUT2D eigenvalue weighted by molar-refractivity contribution is 6.62. The van der Waals surface area contributed by atoms with Crippen molar-refractivity contribution in [3.63, 3.8) is 0 Å². The monoisotopic (exact) mass is 355 g/mol. The molecule has 0 fully saturated rings. The lowest BCUT2D eigenvalue weighted by atomic mass is 10.1. The minimum Gasteiger partial charge on any atom is -1.00 e. The third kappa shape index (κ3) is 7.28. The van der Waals surface area contributed by atoms with E-state index in [4.69, 9.17) is 13.3 Å². The molecule has 6 heteroatoms. The zero-order valence-electron chi connectivity index (χ0n) is 15.8. The molecule has 1 unspecified atom stereocenters. The summed E-state index contributed by atoms with van der Waals surface area (Å²) in [6.45, 7) is 5.61. The molecule has 136 valence electrons. The van der Waals surface area contributed by atoms with Crippen LogP contribution in [0.2, 0.25) is 0 Å². The summed E-state index contributed by atoms with van der Waals surface area (Å²) in [5.41, 5.74) is 0.285. The lowest BCUT2D eigenvalue weighted by Gasteiger charge is -2.43. The van der Waals surface area contributed by atoms with Crippen LogP contribution in [0.3, 0.4) is 0 Å². The Morgan fingerprint density at radius 1 is 0.818 bits per heavy atom. The van der Waals surface area contributed by atoms with Gasteiger partial charge < -0.3 is 30.2 Å². The van der Waals surface area contributed by atoms with Crippen LogP contribution in [0.5, 0.6) is 0 Å². The number of rotatable bonds is 13. The molecule has 0 heterocycles. The van der Waals surface area contributed by atoms with E-state index in [1.165, 1.54) is 38.5 Å². The minimum absolute atomic E-state index is 0. The smallest absolute Gasteiger partial charge is 0.561 e. The molecule has 0 aromatic rings. The molecule has 0 aromatic carbocycles. The molecule has 0 aliphatic rings. The number of hydrogen-bond acceptors (Lipinski definition) is 3. The summed E-state index contributed by atoms with van der Waals surface area (Å²) in [6, 6.07) is 0. The highest BCUT2D eigenvalue weighted by Crippen LogP contribution is 2.25. The Morgan fingerprint density at radius 2 is 1.27 bits per heavy atom. The number of nitrogens with zero attached hydrogens (tertiary/aromatic N) is 1. The summed E-state index contributed by atoms with van der Waals surface area (Å²) >= 11 is 0. The lowest BCUT2D eigenvalue weighted by molar-refractivity contribution is -0.906. The summed E-state index contributed by atoms with van der Waals surface area (Å²) in [6.07, 6.45) is 8.98. The van der Waals surface area contributed by atoms with Crippen LogP contribution in [0.1, 0.15) is 58.8 Å². The summed E-state index contributed by atoms with van der Waals surface area (Å²) in [4.78, 5) is 0. The normalized spacial score (nSPS) is 13.8. The summed E-state index contributed by atoms with van der Waals surface area (Å²) < 4.78 is 18.1. The van der Waals surface area contributed by atoms with Gasteiger partial charge in [0.15, 0.2) is 5.67 Å².